The summed E-state index contributed by atoms with van der Waals surface area (Å²) in [5.41, 5.74) is 3.06. The lowest BCUT2D eigenvalue weighted by atomic mass is 10.1. The first-order valence-electron chi connectivity index (χ1n) is 5.16. The summed E-state index contributed by atoms with van der Waals surface area (Å²) in [4.78, 5) is 0. The van der Waals surface area contributed by atoms with Crippen LogP contribution in [0.1, 0.15) is 32.1 Å². The standard InChI is InChI=1S/C13H16/c1-2-7-12(6-1)10-5-11-13-8-3-4-9-13/h1,3,6-9H,2,4-5,10-11H2. The molecule has 0 spiro atoms. The maximum atomic E-state index is 2.33. The smallest absolute Gasteiger partial charge is 0.0160 e. The van der Waals surface area contributed by atoms with Crippen molar-refractivity contribution in [3.05, 3.63) is 47.6 Å². The molecule has 0 saturated heterocycles. The lowest BCUT2D eigenvalue weighted by Gasteiger charge is -2.00. The number of allylic oxidation sites excluding steroid dienone is 8. The van der Waals surface area contributed by atoms with Gasteiger partial charge in [0.25, 0.3) is 0 Å². The van der Waals surface area contributed by atoms with E-state index in [-0.39, 0.29) is 0 Å². The molecular formula is C13H16. The largest absolute Gasteiger partial charge is 0.0805 e. The van der Waals surface area contributed by atoms with Crippen LogP contribution in [0.25, 0.3) is 0 Å². The van der Waals surface area contributed by atoms with E-state index in [1.807, 2.05) is 0 Å². The third kappa shape index (κ3) is 2.45. The van der Waals surface area contributed by atoms with Crippen LogP contribution in [0.3, 0.4) is 0 Å². The molecular weight excluding hydrogens is 156 g/mol. The summed E-state index contributed by atoms with van der Waals surface area (Å²) < 4.78 is 0. The molecule has 0 amide bonds. The van der Waals surface area contributed by atoms with E-state index in [9.17, 15) is 0 Å². The Morgan fingerprint density at radius 3 is 1.77 bits per heavy atom. The Kier molecular flexibility index (Phi) is 2.81. The summed E-state index contributed by atoms with van der Waals surface area (Å²) >= 11 is 0. The van der Waals surface area contributed by atoms with Crippen LogP contribution in [-0.4, -0.2) is 0 Å². The molecule has 0 aromatic carbocycles. The van der Waals surface area contributed by atoms with Crippen molar-refractivity contribution < 1.29 is 0 Å². The topological polar surface area (TPSA) is 0 Å². The van der Waals surface area contributed by atoms with Crippen molar-refractivity contribution in [2.24, 2.45) is 0 Å². The average Bonchev–Trinajstić information content (AvgIpc) is 2.75. The van der Waals surface area contributed by atoms with Gasteiger partial charge in [-0.1, -0.05) is 47.6 Å². The van der Waals surface area contributed by atoms with E-state index in [0.29, 0.717) is 0 Å². The van der Waals surface area contributed by atoms with Crippen molar-refractivity contribution >= 4 is 0 Å². The fraction of sp³-hybridized carbons (Fsp3) is 0.385. The van der Waals surface area contributed by atoms with Gasteiger partial charge in [0.05, 0.1) is 0 Å². The highest BCUT2D eigenvalue weighted by Gasteiger charge is 2.00. The number of hydrogen-bond donors (Lipinski definition) is 0. The van der Waals surface area contributed by atoms with E-state index in [4.69, 9.17) is 0 Å². The molecule has 0 nitrogen and oxygen atoms in total. The first-order chi connectivity index (χ1) is 6.45. The van der Waals surface area contributed by atoms with Crippen molar-refractivity contribution in [2.45, 2.75) is 32.1 Å². The number of hydrogen-bond acceptors (Lipinski definition) is 0. The molecule has 2 rings (SSSR count). The lowest BCUT2D eigenvalue weighted by molar-refractivity contribution is 0.828. The van der Waals surface area contributed by atoms with Gasteiger partial charge in [-0.3, -0.25) is 0 Å². The Morgan fingerprint density at radius 1 is 0.846 bits per heavy atom. The summed E-state index contributed by atoms with van der Waals surface area (Å²) in [5.74, 6) is 0. The molecule has 0 heteroatoms. The molecule has 0 fully saturated rings. The molecule has 0 N–H and O–H groups in total. The summed E-state index contributed by atoms with van der Waals surface area (Å²) in [7, 11) is 0. The van der Waals surface area contributed by atoms with Gasteiger partial charge >= 0.3 is 0 Å². The van der Waals surface area contributed by atoms with Crippen molar-refractivity contribution in [3.8, 4) is 0 Å². The van der Waals surface area contributed by atoms with Crippen LogP contribution in [0.15, 0.2) is 47.6 Å². The summed E-state index contributed by atoms with van der Waals surface area (Å²) in [5, 5.41) is 0. The molecule has 0 aromatic rings. The van der Waals surface area contributed by atoms with Crippen molar-refractivity contribution in [2.75, 3.05) is 0 Å². The molecule has 0 radical (unpaired) electrons. The molecule has 0 bridgehead atoms. The minimum atomic E-state index is 1.15. The fourth-order valence-electron chi connectivity index (χ4n) is 1.88. The van der Waals surface area contributed by atoms with Crippen molar-refractivity contribution in [1.29, 1.82) is 0 Å². The molecule has 68 valence electrons. The van der Waals surface area contributed by atoms with Crippen LogP contribution in [0.2, 0.25) is 0 Å². The van der Waals surface area contributed by atoms with Gasteiger partial charge < -0.3 is 0 Å². The van der Waals surface area contributed by atoms with Gasteiger partial charge in [-0.25, -0.2) is 0 Å². The molecule has 2 aliphatic carbocycles. The first-order valence-corrected chi connectivity index (χ1v) is 5.16. The maximum Gasteiger partial charge on any atom is -0.0160 e. The molecule has 0 aromatic heterocycles. The Labute approximate surface area is 80.3 Å². The van der Waals surface area contributed by atoms with Gasteiger partial charge in [0.15, 0.2) is 0 Å². The molecule has 0 heterocycles. The van der Waals surface area contributed by atoms with E-state index in [2.05, 4.69) is 36.5 Å². The Bertz CT molecular complexity index is 257. The molecule has 2 aliphatic rings. The highest BCUT2D eigenvalue weighted by Crippen LogP contribution is 2.20. The Hall–Kier alpha value is -1.04. The lowest BCUT2D eigenvalue weighted by Crippen LogP contribution is -1.80. The van der Waals surface area contributed by atoms with E-state index in [0.717, 1.165) is 12.8 Å². The second-order valence-electron chi connectivity index (χ2n) is 3.69. The highest BCUT2D eigenvalue weighted by atomic mass is 14.1. The van der Waals surface area contributed by atoms with Crippen molar-refractivity contribution in [3.63, 3.8) is 0 Å². The van der Waals surface area contributed by atoms with Crippen molar-refractivity contribution in [1.82, 2.24) is 0 Å². The van der Waals surface area contributed by atoms with Crippen LogP contribution in [0, 0.1) is 0 Å². The minimum Gasteiger partial charge on any atom is -0.0805 e. The second kappa shape index (κ2) is 4.27. The third-order valence-electron chi connectivity index (χ3n) is 2.63. The molecule has 0 atom stereocenters. The third-order valence-corrected chi connectivity index (χ3v) is 2.63. The van der Waals surface area contributed by atoms with Crippen LogP contribution in [0.5, 0.6) is 0 Å². The molecule has 0 unspecified atom stereocenters. The average molecular weight is 172 g/mol. The van der Waals surface area contributed by atoms with Gasteiger partial charge in [-0.15, -0.1) is 0 Å². The van der Waals surface area contributed by atoms with Gasteiger partial charge in [-0.05, 0) is 32.1 Å². The normalized spacial score (nSPS) is 19.4. The van der Waals surface area contributed by atoms with Gasteiger partial charge in [0.2, 0.25) is 0 Å². The molecule has 13 heavy (non-hydrogen) atoms. The minimum absolute atomic E-state index is 1.15. The summed E-state index contributed by atoms with van der Waals surface area (Å²) in [6.07, 6.45) is 19.8. The van der Waals surface area contributed by atoms with Gasteiger partial charge in [0.1, 0.15) is 0 Å². The van der Waals surface area contributed by atoms with E-state index < -0.39 is 0 Å². The quantitative estimate of drug-likeness (QED) is 0.602. The fourth-order valence-corrected chi connectivity index (χ4v) is 1.88. The zero-order valence-electron chi connectivity index (χ0n) is 8.00. The Balaban J connectivity index is 1.69. The predicted molar refractivity (Wildman–Crippen MR) is 57.5 cm³/mol. The van der Waals surface area contributed by atoms with Gasteiger partial charge in [-0.2, -0.15) is 0 Å². The highest BCUT2D eigenvalue weighted by molar-refractivity contribution is 5.28. The van der Waals surface area contributed by atoms with Crippen LogP contribution in [-0.2, 0) is 0 Å². The molecule has 0 saturated carbocycles. The SMILES string of the molecule is C1=CC(CCCC2=CCC=C2)=CC1. The monoisotopic (exact) mass is 172 g/mol. The zero-order valence-corrected chi connectivity index (χ0v) is 8.00. The predicted octanol–water partition coefficient (Wildman–Crippen LogP) is 3.93. The number of rotatable bonds is 4. The molecule has 0 aliphatic heterocycles. The van der Waals surface area contributed by atoms with E-state index in [1.165, 1.54) is 30.4 Å². The second-order valence-corrected chi connectivity index (χ2v) is 3.69. The van der Waals surface area contributed by atoms with Gasteiger partial charge in [0, 0.05) is 0 Å². The van der Waals surface area contributed by atoms with E-state index >= 15 is 0 Å². The van der Waals surface area contributed by atoms with Crippen LogP contribution < -0.4 is 0 Å². The summed E-state index contributed by atoms with van der Waals surface area (Å²) in [6.45, 7) is 0. The van der Waals surface area contributed by atoms with Crippen LogP contribution >= 0.6 is 0 Å². The van der Waals surface area contributed by atoms with E-state index in [1.54, 1.807) is 0 Å². The van der Waals surface area contributed by atoms with Crippen LogP contribution in [0.4, 0.5) is 0 Å². The zero-order chi connectivity index (χ0) is 8.93. The Morgan fingerprint density at radius 2 is 1.38 bits per heavy atom. The first kappa shape index (κ1) is 8.55. The summed E-state index contributed by atoms with van der Waals surface area (Å²) in [6, 6.07) is 0. The maximum absolute atomic E-state index is 2.33.